The van der Waals surface area contributed by atoms with E-state index in [4.69, 9.17) is 0 Å². The summed E-state index contributed by atoms with van der Waals surface area (Å²) in [4.78, 5) is 26.5. The van der Waals surface area contributed by atoms with Crippen molar-refractivity contribution in [2.24, 2.45) is 0 Å². The number of carbonyl (C=O) groups is 2. The maximum atomic E-state index is 12.4. The van der Waals surface area contributed by atoms with E-state index in [9.17, 15) is 9.59 Å². The van der Waals surface area contributed by atoms with Gasteiger partial charge in [0.05, 0.1) is 24.5 Å². The van der Waals surface area contributed by atoms with Crippen LogP contribution in [0.2, 0.25) is 0 Å². The number of aromatic nitrogens is 5. The third-order valence-electron chi connectivity index (χ3n) is 4.96. The van der Waals surface area contributed by atoms with Gasteiger partial charge < -0.3 is 10.2 Å². The van der Waals surface area contributed by atoms with Crippen molar-refractivity contribution in [3.8, 4) is 0 Å². The van der Waals surface area contributed by atoms with Crippen LogP contribution in [-0.2, 0) is 42.3 Å². The Balaban J connectivity index is 1.40. The molecule has 0 bridgehead atoms. The van der Waals surface area contributed by atoms with Crippen molar-refractivity contribution in [2.45, 2.75) is 46.6 Å². The van der Waals surface area contributed by atoms with Gasteiger partial charge in [0.15, 0.2) is 0 Å². The average Bonchev–Trinajstić information content (AvgIpc) is 3.23. The number of hydrogen-bond donors (Lipinski definition) is 1. The largest absolute Gasteiger partial charge is 0.349 e. The quantitative estimate of drug-likeness (QED) is 0.672. The number of nitrogens with one attached hydrogen (secondary N) is 1. The first-order chi connectivity index (χ1) is 14.0. The van der Waals surface area contributed by atoms with Gasteiger partial charge in [0, 0.05) is 12.2 Å². The van der Waals surface area contributed by atoms with Crippen molar-refractivity contribution in [3.05, 3.63) is 64.7 Å². The highest BCUT2D eigenvalue weighted by Gasteiger charge is 2.27. The van der Waals surface area contributed by atoms with E-state index in [0.717, 1.165) is 22.6 Å². The van der Waals surface area contributed by atoms with E-state index in [1.165, 1.54) is 0 Å². The Morgan fingerprint density at radius 2 is 1.97 bits per heavy atom. The Kier molecular flexibility index (Phi) is 5.11. The average molecular weight is 393 g/mol. The summed E-state index contributed by atoms with van der Waals surface area (Å²) < 4.78 is 3.29. The van der Waals surface area contributed by atoms with Crippen molar-refractivity contribution in [1.82, 2.24) is 35.0 Å². The normalized spacial score (nSPS) is 13.4. The first-order valence-corrected chi connectivity index (χ1v) is 9.50. The number of carbonyl (C=O) groups excluding carboxylic acids is 2. The minimum Gasteiger partial charge on any atom is -0.349 e. The number of hydrogen-bond acceptors (Lipinski definition) is 5. The van der Waals surface area contributed by atoms with Gasteiger partial charge in [-0.3, -0.25) is 14.3 Å². The number of rotatable bonds is 6. The van der Waals surface area contributed by atoms with Crippen molar-refractivity contribution in [3.63, 3.8) is 0 Å². The molecular formula is C20H23N7O2. The fourth-order valence-corrected chi connectivity index (χ4v) is 3.46. The zero-order chi connectivity index (χ0) is 20.4. The van der Waals surface area contributed by atoms with Crippen molar-refractivity contribution in [2.75, 3.05) is 0 Å². The van der Waals surface area contributed by atoms with Crippen LogP contribution < -0.4 is 5.32 Å². The molecule has 0 atom stereocenters. The van der Waals surface area contributed by atoms with Crippen LogP contribution in [0, 0.1) is 13.8 Å². The van der Waals surface area contributed by atoms with E-state index in [1.807, 2.05) is 50.2 Å². The summed E-state index contributed by atoms with van der Waals surface area (Å²) in [6, 6.07) is 11.8. The number of benzene rings is 1. The smallest absolute Gasteiger partial charge is 0.245 e. The fourth-order valence-electron chi connectivity index (χ4n) is 3.46. The summed E-state index contributed by atoms with van der Waals surface area (Å²) in [7, 11) is 0. The van der Waals surface area contributed by atoms with Gasteiger partial charge in [0.1, 0.15) is 18.8 Å². The molecule has 0 radical (unpaired) electrons. The fraction of sp³-hybridized carbons (Fsp3) is 0.350. The molecule has 0 aliphatic carbocycles. The minimum absolute atomic E-state index is 0.00589. The SMILES string of the molecule is Cc1cc(C)n(CC(=O)NCc2nnn3c2CN(Cc2ccccc2)C(=O)C3)n1. The molecular weight excluding hydrogens is 370 g/mol. The molecule has 3 aromatic rings. The molecule has 3 heterocycles. The van der Waals surface area contributed by atoms with Gasteiger partial charge in [0.25, 0.3) is 0 Å². The zero-order valence-electron chi connectivity index (χ0n) is 16.5. The molecule has 1 aromatic carbocycles. The van der Waals surface area contributed by atoms with Crippen LogP contribution in [0.15, 0.2) is 36.4 Å². The number of fused-ring (bicyclic) bond motifs is 1. The molecule has 1 aliphatic heterocycles. The van der Waals surface area contributed by atoms with Crippen molar-refractivity contribution >= 4 is 11.8 Å². The van der Waals surface area contributed by atoms with Crippen molar-refractivity contribution in [1.29, 1.82) is 0 Å². The van der Waals surface area contributed by atoms with E-state index in [0.29, 0.717) is 18.8 Å². The van der Waals surface area contributed by atoms with Gasteiger partial charge in [-0.15, -0.1) is 5.10 Å². The molecule has 1 N–H and O–H groups in total. The topological polar surface area (TPSA) is 97.9 Å². The Hall–Kier alpha value is -3.49. The van der Waals surface area contributed by atoms with E-state index >= 15 is 0 Å². The molecule has 2 amide bonds. The second-order valence-corrected chi connectivity index (χ2v) is 7.24. The highest BCUT2D eigenvalue weighted by Crippen LogP contribution is 2.18. The van der Waals surface area contributed by atoms with Gasteiger partial charge in [0.2, 0.25) is 11.8 Å². The summed E-state index contributed by atoms with van der Waals surface area (Å²) in [5.74, 6) is -0.141. The van der Waals surface area contributed by atoms with E-state index < -0.39 is 0 Å². The summed E-state index contributed by atoms with van der Waals surface area (Å²) >= 11 is 0. The molecule has 0 unspecified atom stereocenters. The lowest BCUT2D eigenvalue weighted by atomic mass is 10.1. The third kappa shape index (κ3) is 4.18. The van der Waals surface area contributed by atoms with E-state index in [-0.39, 0.29) is 31.4 Å². The van der Waals surface area contributed by atoms with Crippen LogP contribution >= 0.6 is 0 Å². The molecule has 1 aliphatic rings. The molecule has 29 heavy (non-hydrogen) atoms. The predicted octanol–water partition coefficient (Wildman–Crippen LogP) is 0.950. The maximum absolute atomic E-state index is 12.4. The Bertz CT molecular complexity index is 1040. The summed E-state index contributed by atoms with van der Waals surface area (Å²) in [6.07, 6.45) is 0. The van der Waals surface area contributed by atoms with Crippen molar-refractivity contribution < 1.29 is 9.59 Å². The van der Waals surface area contributed by atoms with Crippen LogP contribution in [0.25, 0.3) is 0 Å². The molecule has 150 valence electrons. The highest BCUT2D eigenvalue weighted by molar-refractivity contribution is 5.77. The summed E-state index contributed by atoms with van der Waals surface area (Å²) in [5, 5.41) is 15.4. The highest BCUT2D eigenvalue weighted by atomic mass is 16.2. The van der Waals surface area contributed by atoms with Crippen LogP contribution in [0.5, 0.6) is 0 Å². The molecule has 0 saturated heterocycles. The lowest BCUT2D eigenvalue weighted by Gasteiger charge is -2.27. The van der Waals surface area contributed by atoms with E-state index in [1.54, 1.807) is 14.3 Å². The van der Waals surface area contributed by atoms with Crippen LogP contribution in [0.3, 0.4) is 0 Å². The monoisotopic (exact) mass is 393 g/mol. The van der Waals surface area contributed by atoms with E-state index in [2.05, 4.69) is 20.7 Å². The van der Waals surface area contributed by atoms with Crippen LogP contribution in [0.4, 0.5) is 0 Å². The first-order valence-electron chi connectivity index (χ1n) is 9.50. The van der Waals surface area contributed by atoms with Gasteiger partial charge in [-0.25, -0.2) is 4.68 Å². The van der Waals surface area contributed by atoms with Gasteiger partial charge in [-0.2, -0.15) is 5.10 Å². The van der Waals surface area contributed by atoms with Crippen LogP contribution in [0.1, 0.15) is 28.3 Å². The number of nitrogens with zero attached hydrogens (tertiary/aromatic N) is 6. The lowest BCUT2D eigenvalue weighted by Crippen LogP contribution is -2.39. The molecule has 2 aromatic heterocycles. The Labute approximate surface area is 168 Å². The first kappa shape index (κ1) is 18.9. The molecule has 0 fully saturated rings. The number of aryl methyl sites for hydroxylation is 2. The Morgan fingerprint density at radius 3 is 2.69 bits per heavy atom. The van der Waals surface area contributed by atoms with Crippen LogP contribution in [-0.4, -0.2) is 41.5 Å². The molecule has 0 spiro atoms. The maximum Gasteiger partial charge on any atom is 0.245 e. The number of amides is 2. The molecule has 0 saturated carbocycles. The minimum atomic E-state index is -0.147. The Morgan fingerprint density at radius 1 is 1.17 bits per heavy atom. The summed E-state index contributed by atoms with van der Waals surface area (Å²) in [5.41, 5.74) is 4.42. The van der Waals surface area contributed by atoms with Gasteiger partial charge >= 0.3 is 0 Å². The molecule has 9 nitrogen and oxygen atoms in total. The zero-order valence-corrected chi connectivity index (χ0v) is 16.5. The summed E-state index contributed by atoms with van der Waals surface area (Å²) in [6.45, 7) is 5.35. The predicted molar refractivity (Wildman–Crippen MR) is 104 cm³/mol. The van der Waals surface area contributed by atoms with Gasteiger partial charge in [-0.1, -0.05) is 35.5 Å². The standard InChI is InChI=1S/C20H23N7O2/c1-14-8-15(2)26(23-14)12-19(28)21-9-17-18-11-25(10-16-6-4-3-5-7-16)20(29)13-27(18)24-22-17/h3-8H,9-13H2,1-2H3,(H,21,28). The second kappa shape index (κ2) is 7.86. The molecule has 4 rings (SSSR count). The lowest BCUT2D eigenvalue weighted by molar-refractivity contribution is -0.135. The second-order valence-electron chi connectivity index (χ2n) is 7.24. The van der Waals surface area contributed by atoms with Gasteiger partial charge in [-0.05, 0) is 25.5 Å². The molecule has 9 heteroatoms. The third-order valence-corrected chi connectivity index (χ3v) is 4.96.